The predicted octanol–water partition coefficient (Wildman–Crippen LogP) is -0.277. The number of carbonyl (C=O) groups is 2. The Morgan fingerprint density at radius 2 is 2.17 bits per heavy atom. The number of likely N-dealkylation sites (N-methyl/N-ethyl adjacent to an activating group) is 1. The van der Waals surface area contributed by atoms with Gasteiger partial charge >= 0.3 is 0 Å². The fourth-order valence-corrected chi connectivity index (χ4v) is 3.42. The van der Waals surface area contributed by atoms with Crippen molar-refractivity contribution in [2.24, 2.45) is 11.3 Å². The van der Waals surface area contributed by atoms with Crippen molar-refractivity contribution in [1.29, 1.82) is 0 Å². The highest BCUT2D eigenvalue weighted by molar-refractivity contribution is 5.91. The van der Waals surface area contributed by atoms with Crippen LogP contribution >= 0.6 is 0 Å². The lowest BCUT2D eigenvalue weighted by Gasteiger charge is -2.23. The Morgan fingerprint density at radius 3 is 2.78 bits per heavy atom. The Labute approximate surface area is 107 Å². The molecule has 5 heteroatoms. The lowest BCUT2D eigenvalue weighted by atomic mass is 9.91. The Balaban J connectivity index is 1.56. The average molecular weight is 251 g/mol. The number of piperidine rings is 1. The van der Waals surface area contributed by atoms with Gasteiger partial charge in [0.05, 0.1) is 0 Å². The first-order valence-electron chi connectivity index (χ1n) is 6.88. The minimum Gasteiger partial charge on any atom is -0.344 e. The zero-order valence-electron chi connectivity index (χ0n) is 10.9. The van der Waals surface area contributed by atoms with E-state index in [1.165, 1.54) is 0 Å². The molecule has 2 heterocycles. The van der Waals surface area contributed by atoms with Crippen molar-refractivity contribution < 1.29 is 9.59 Å². The number of amides is 2. The zero-order valence-corrected chi connectivity index (χ0v) is 10.9. The molecule has 2 aliphatic heterocycles. The summed E-state index contributed by atoms with van der Waals surface area (Å²) in [6.45, 7) is 2.80. The number of nitrogens with one attached hydrogen (secondary N) is 2. The summed E-state index contributed by atoms with van der Waals surface area (Å²) in [6.07, 6.45) is 3.97. The van der Waals surface area contributed by atoms with Crippen LogP contribution in [0.5, 0.6) is 0 Å². The van der Waals surface area contributed by atoms with Crippen molar-refractivity contribution in [2.75, 3.05) is 26.7 Å². The van der Waals surface area contributed by atoms with Gasteiger partial charge < -0.3 is 15.5 Å². The second-order valence-electron chi connectivity index (χ2n) is 5.98. The van der Waals surface area contributed by atoms with Gasteiger partial charge in [0.15, 0.2) is 0 Å². The molecule has 0 bridgehead atoms. The van der Waals surface area contributed by atoms with Crippen molar-refractivity contribution in [3.63, 3.8) is 0 Å². The van der Waals surface area contributed by atoms with Gasteiger partial charge in [0.25, 0.3) is 0 Å². The number of likely N-dealkylation sites (tertiary alicyclic amines) is 1. The van der Waals surface area contributed by atoms with Crippen LogP contribution in [0.25, 0.3) is 0 Å². The molecule has 18 heavy (non-hydrogen) atoms. The molecule has 2 saturated heterocycles. The summed E-state index contributed by atoms with van der Waals surface area (Å²) >= 11 is 0. The highest BCUT2D eigenvalue weighted by Crippen LogP contribution is 2.58. The van der Waals surface area contributed by atoms with E-state index in [0.29, 0.717) is 0 Å². The van der Waals surface area contributed by atoms with Crippen LogP contribution in [0.2, 0.25) is 0 Å². The summed E-state index contributed by atoms with van der Waals surface area (Å²) in [4.78, 5) is 25.6. The lowest BCUT2D eigenvalue weighted by molar-refractivity contribution is -0.132. The Morgan fingerprint density at radius 1 is 1.44 bits per heavy atom. The summed E-state index contributed by atoms with van der Waals surface area (Å²) in [6, 6.07) is -0.276. The molecule has 0 aromatic carbocycles. The van der Waals surface area contributed by atoms with E-state index in [4.69, 9.17) is 0 Å². The molecule has 2 N–H and O–H groups in total. The number of carbonyl (C=O) groups excluding carboxylic acids is 2. The van der Waals surface area contributed by atoms with E-state index in [1.54, 1.807) is 11.9 Å². The molecule has 1 saturated carbocycles. The van der Waals surface area contributed by atoms with Gasteiger partial charge in [-0.1, -0.05) is 0 Å². The van der Waals surface area contributed by atoms with E-state index in [0.717, 1.165) is 45.3 Å². The predicted molar refractivity (Wildman–Crippen MR) is 66.8 cm³/mol. The molecule has 0 aromatic rings. The average Bonchev–Trinajstić information content (AvgIpc) is 2.98. The summed E-state index contributed by atoms with van der Waals surface area (Å²) in [7, 11) is 1.79. The van der Waals surface area contributed by atoms with Gasteiger partial charge in [0.2, 0.25) is 11.8 Å². The zero-order chi connectivity index (χ0) is 12.8. The van der Waals surface area contributed by atoms with Gasteiger partial charge in [-0.3, -0.25) is 9.59 Å². The normalized spacial score (nSPS) is 33.8. The smallest absolute Gasteiger partial charge is 0.244 e. The second-order valence-corrected chi connectivity index (χ2v) is 5.98. The van der Waals surface area contributed by atoms with Crippen molar-refractivity contribution in [2.45, 2.75) is 31.7 Å². The molecule has 2 unspecified atom stereocenters. The maximum atomic E-state index is 12.2. The Hall–Kier alpha value is -1.10. The molecule has 3 rings (SSSR count). The number of nitrogens with zero attached hydrogens (tertiary/aromatic N) is 1. The lowest BCUT2D eigenvalue weighted by Crippen LogP contribution is -2.42. The highest BCUT2D eigenvalue weighted by atomic mass is 16.2. The van der Waals surface area contributed by atoms with E-state index in [1.807, 2.05) is 0 Å². The van der Waals surface area contributed by atoms with Gasteiger partial charge in [-0.05, 0) is 44.2 Å². The number of hydrogen-bond acceptors (Lipinski definition) is 3. The molecule has 0 aromatic heterocycles. The third-order valence-electron chi connectivity index (χ3n) is 4.85. The van der Waals surface area contributed by atoms with Crippen molar-refractivity contribution >= 4 is 11.8 Å². The largest absolute Gasteiger partial charge is 0.344 e. The summed E-state index contributed by atoms with van der Waals surface area (Å²) in [5.74, 6) is 0.312. The second kappa shape index (κ2) is 4.23. The van der Waals surface area contributed by atoms with Crippen LogP contribution in [-0.4, -0.2) is 49.4 Å². The third-order valence-corrected chi connectivity index (χ3v) is 4.85. The van der Waals surface area contributed by atoms with Gasteiger partial charge in [0, 0.05) is 19.5 Å². The maximum absolute atomic E-state index is 12.2. The minimum absolute atomic E-state index is 0.0587. The molecule has 100 valence electrons. The SMILES string of the molecule is CN1CCC(NC(=O)C2CC23CCNCC3)C1=O. The third kappa shape index (κ3) is 1.90. The Bertz CT molecular complexity index is 376. The van der Waals surface area contributed by atoms with Crippen molar-refractivity contribution in [3.05, 3.63) is 0 Å². The van der Waals surface area contributed by atoms with E-state index in [-0.39, 0.29) is 29.2 Å². The van der Waals surface area contributed by atoms with Crippen molar-refractivity contribution in [3.8, 4) is 0 Å². The van der Waals surface area contributed by atoms with Crippen LogP contribution < -0.4 is 10.6 Å². The number of rotatable bonds is 2. The van der Waals surface area contributed by atoms with Crippen LogP contribution in [0.4, 0.5) is 0 Å². The quantitative estimate of drug-likeness (QED) is 0.710. The standard InChI is InChI=1S/C13H21N3O2/c1-16-7-2-10(12(16)18)15-11(17)9-8-13(9)3-5-14-6-4-13/h9-10,14H,2-8H2,1H3,(H,15,17). The molecule has 3 aliphatic rings. The maximum Gasteiger partial charge on any atom is 0.244 e. The van der Waals surface area contributed by atoms with Crippen LogP contribution in [0.1, 0.15) is 25.7 Å². The first kappa shape index (κ1) is 12.0. The first-order valence-corrected chi connectivity index (χ1v) is 6.88. The van der Waals surface area contributed by atoms with E-state index < -0.39 is 0 Å². The Kier molecular flexibility index (Phi) is 2.81. The molecule has 1 spiro atoms. The molecular formula is C13H21N3O2. The van der Waals surface area contributed by atoms with Gasteiger partial charge in [-0.15, -0.1) is 0 Å². The van der Waals surface area contributed by atoms with E-state index in [9.17, 15) is 9.59 Å². The summed E-state index contributed by atoms with van der Waals surface area (Å²) in [5.41, 5.74) is 0.253. The molecule has 2 atom stereocenters. The molecule has 0 radical (unpaired) electrons. The molecular weight excluding hydrogens is 230 g/mol. The fraction of sp³-hybridized carbons (Fsp3) is 0.846. The molecule has 5 nitrogen and oxygen atoms in total. The monoisotopic (exact) mass is 251 g/mol. The number of hydrogen-bond donors (Lipinski definition) is 2. The van der Waals surface area contributed by atoms with Crippen LogP contribution in [0.3, 0.4) is 0 Å². The molecule has 1 aliphatic carbocycles. The summed E-state index contributed by atoms with van der Waals surface area (Å²) in [5, 5.41) is 6.28. The molecule has 2 amide bonds. The minimum atomic E-state index is -0.276. The highest BCUT2D eigenvalue weighted by Gasteiger charge is 2.58. The summed E-state index contributed by atoms with van der Waals surface area (Å²) < 4.78 is 0. The van der Waals surface area contributed by atoms with Gasteiger partial charge in [0.1, 0.15) is 6.04 Å². The van der Waals surface area contributed by atoms with Gasteiger partial charge in [-0.25, -0.2) is 0 Å². The van der Waals surface area contributed by atoms with Crippen LogP contribution in [0.15, 0.2) is 0 Å². The van der Waals surface area contributed by atoms with E-state index in [2.05, 4.69) is 10.6 Å². The van der Waals surface area contributed by atoms with Gasteiger partial charge in [-0.2, -0.15) is 0 Å². The van der Waals surface area contributed by atoms with Crippen LogP contribution in [0, 0.1) is 11.3 Å². The topological polar surface area (TPSA) is 61.4 Å². The first-order chi connectivity index (χ1) is 8.62. The molecule has 3 fully saturated rings. The van der Waals surface area contributed by atoms with E-state index >= 15 is 0 Å². The fourth-order valence-electron chi connectivity index (χ4n) is 3.42. The van der Waals surface area contributed by atoms with Crippen molar-refractivity contribution in [1.82, 2.24) is 15.5 Å². The van der Waals surface area contributed by atoms with Crippen LogP contribution in [-0.2, 0) is 9.59 Å².